The molecule has 4 rings (SSSR count). The third-order valence-electron chi connectivity index (χ3n) is 5.31. The van der Waals surface area contributed by atoms with E-state index in [9.17, 15) is 22.8 Å². The van der Waals surface area contributed by atoms with Gasteiger partial charge in [-0.25, -0.2) is 4.98 Å². The van der Waals surface area contributed by atoms with Crippen LogP contribution in [0.25, 0.3) is 4.83 Å². The van der Waals surface area contributed by atoms with Crippen LogP contribution < -0.4 is 15.5 Å². The fraction of sp³-hybridized carbons (Fsp3) is 0.350. The van der Waals surface area contributed by atoms with Crippen molar-refractivity contribution in [1.82, 2.24) is 19.6 Å². The van der Waals surface area contributed by atoms with E-state index in [4.69, 9.17) is 0 Å². The van der Waals surface area contributed by atoms with Crippen LogP contribution >= 0.6 is 11.3 Å². The molecule has 2 N–H and O–H groups in total. The SMILES string of the molecule is CNC(=O)c1sc2c(NC(=O)c3ccc(N4CCN(C)CC4)cc3)ncn2c1C(F)(F)F. The van der Waals surface area contributed by atoms with Gasteiger partial charge in [0.05, 0.1) is 0 Å². The molecule has 1 fully saturated rings. The first kappa shape index (κ1) is 22.1. The number of carbonyl (C=O) groups excluding carboxylic acids is 2. The molecule has 1 aliphatic heterocycles. The fourth-order valence-corrected chi connectivity index (χ4v) is 4.67. The van der Waals surface area contributed by atoms with Gasteiger partial charge in [-0.3, -0.25) is 14.0 Å². The van der Waals surface area contributed by atoms with Crippen molar-refractivity contribution in [2.75, 3.05) is 50.5 Å². The molecule has 3 aromatic rings. The number of imidazole rings is 1. The predicted molar refractivity (Wildman–Crippen MR) is 116 cm³/mol. The Morgan fingerprint density at radius 3 is 2.31 bits per heavy atom. The molecule has 170 valence electrons. The number of hydrogen-bond donors (Lipinski definition) is 2. The first-order valence-electron chi connectivity index (χ1n) is 9.83. The molecule has 2 amide bonds. The van der Waals surface area contributed by atoms with Gasteiger partial charge in [-0.15, -0.1) is 11.3 Å². The zero-order valence-electron chi connectivity index (χ0n) is 17.4. The van der Waals surface area contributed by atoms with Gasteiger partial charge >= 0.3 is 6.18 Å². The Morgan fingerprint density at radius 1 is 1.06 bits per heavy atom. The summed E-state index contributed by atoms with van der Waals surface area (Å²) in [7, 11) is 3.32. The summed E-state index contributed by atoms with van der Waals surface area (Å²) in [5.74, 6) is -1.40. The van der Waals surface area contributed by atoms with Crippen molar-refractivity contribution in [3.63, 3.8) is 0 Å². The van der Waals surface area contributed by atoms with E-state index >= 15 is 0 Å². The number of hydrogen-bond acceptors (Lipinski definition) is 6. The maximum Gasteiger partial charge on any atom is 0.433 e. The maximum atomic E-state index is 13.5. The molecule has 1 aliphatic rings. The second-order valence-electron chi connectivity index (χ2n) is 7.42. The number of halogens is 3. The molecule has 0 radical (unpaired) electrons. The van der Waals surface area contributed by atoms with Gasteiger partial charge in [0.25, 0.3) is 11.8 Å². The number of rotatable bonds is 4. The summed E-state index contributed by atoms with van der Waals surface area (Å²) in [5.41, 5.74) is 0.229. The number of likely N-dealkylation sites (N-methyl/N-ethyl adjacent to an activating group) is 1. The Balaban J connectivity index is 1.56. The molecular formula is C20H21F3N6O2S. The van der Waals surface area contributed by atoms with E-state index in [-0.39, 0.29) is 10.6 Å². The van der Waals surface area contributed by atoms with E-state index in [2.05, 4.69) is 32.5 Å². The highest BCUT2D eigenvalue weighted by Gasteiger charge is 2.40. The zero-order chi connectivity index (χ0) is 23.0. The minimum absolute atomic E-state index is 0.0262. The lowest BCUT2D eigenvalue weighted by Gasteiger charge is -2.34. The highest BCUT2D eigenvalue weighted by molar-refractivity contribution is 7.20. The highest BCUT2D eigenvalue weighted by Crippen LogP contribution is 2.39. The van der Waals surface area contributed by atoms with Crippen LogP contribution in [0.2, 0.25) is 0 Å². The maximum absolute atomic E-state index is 13.5. The van der Waals surface area contributed by atoms with Crippen molar-refractivity contribution in [3.05, 3.63) is 46.7 Å². The number of nitrogens with zero attached hydrogens (tertiary/aromatic N) is 4. The number of carbonyl (C=O) groups is 2. The number of benzene rings is 1. The molecule has 8 nitrogen and oxygen atoms in total. The van der Waals surface area contributed by atoms with E-state index in [1.54, 1.807) is 12.1 Å². The summed E-state index contributed by atoms with van der Waals surface area (Å²) in [4.78, 5) is 32.6. The third kappa shape index (κ3) is 4.15. The van der Waals surface area contributed by atoms with Crippen LogP contribution in [0.5, 0.6) is 0 Å². The molecular weight excluding hydrogens is 445 g/mol. The summed E-state index contributed by atoms with van der Waals surface area (Å²) in [6, 6.07) is 7.03. The number of piperazine rings is 1. The average Bonchev–Trinajstić information content (AvgIpc) is 3.33. The molecule has 32 heavy (non-hydrogen) atoms. The van der Waals surface area contributed by atoms with Crippen molar-refractivity contribution in [1.29, 1.82) is 0 Å². The lowest BCUT2D eigenvalue weighted by Crippen LogP contribution is -2.44. The van der Waals surface area contributed by atoms with Gasteiger partial charge in [0.1, 0.15) is 16.0 Å². The molecule has 0 spiro atoms. The fourth-order valence-electron chi connectivity index (χ4n) is 3.53. The number of aromatic nitrogens is 2. The number of amides is 2. The lowest BCUT2D eigenvalue weighted by molar-refractivity contribution is -0.141. The van der Waals surface area contributed by atoms with Crippen LogP contribution in [-0.2, 0) is 6.18 Å². The summed E-state index contributed by atoms with van der Waals surface area (Å²) in [6.45, 7) is 3.69. The van der Waals surface area contributed by atoms with Gasteiger partial charge < -0.3 is 20.4 Å². The second-order valence-corrected chi connectivity index (χ2v) is 8.42. The van der Waals surface area contributed by atoms with Gasteiger partial charge in [-0.2, -0.15) is 13.2 Å². The summed E-state index contributed by atoms with van der Waals surface area (Å²) in [5, 5.41) is 4.76. The van der Waals surface area contributed by atoms with Crippen LogP contribution in [0.3, 0.4) is 0 Å². The Hall–Kier alpha value is -3.12. The average molecular weight is 466 g/mol. The molecule has 0 aliphatic carbocycles. The largest absolute Gasteiger partial charge is 0.433 e. The van der Waals surface area contributed by atoms with Gasteiger partial charge in [0.2, 0.25) is 0 Å². The molecule has 12 heteroatoms. The smallest absolute Gasteiger partial charge is 0.369 e. The summed E-state index contributed by atoms with van der Waals surface area (Å²) in [6.07, 6.45) is -3.81. The molecule has 1 aromatic carbocycles. The highest BCUT2D eigenvalue weighted by atomic mass is 32.1. The van der Waals surface area contributed by atoms with E-state index in [0.717, 1.165) is 42.6 Å². The van der Waals surface area contributed by atoms with Crippen molar-refractivity contribution in [2.45, 2.75) is 6.18 Å². The van der Waals surface area contributed by atoms with Crippen molar-refractivity contribution in [3.8, 4) is 0 Å². The van der Waals surface area contributed by atoms with Gasteiger partial charge in [-0.1, -0.05) is 0 Å². The molecule has 2 aromatic heterocycles. The van der Waals surface area contributed by atoms with Crippen molar-refractivity contribution in [2.24, 2.45) is 0 Å². The first-order chi connectivity index (χ1) is 15.2. The molecule has 0 unspecified atom stereocenters. The Labute approximate surface area is 185 Å². The topological polar surface area (TPSA) is 82.0 Å². The van der Waals surface area contributed by atoms with Crippen molar-refractivity contribution >= 4 is 39.5 Å². The quantitative estimate of drug-likeness (QED) is 0.618. The molecule has 0 saturated carbocycles. The van der Waals surface area contributed by atoms with E-state index in [0.29, 0.717) is 16.9 Å². The van der Waals surface area contributed by atoms with Gasteiger partial charge in [0.15, 0.2) is 11.5 Å². The van der Waals surface area contributed by atoms with Crippen LogP contribution in [-0.4, -0.2) is 66.4 Å². The van der Waals surface area contributed by atoms with Crippen LogP contribution in [0.1, 0.15) is 25.7 Å². The van der Waals surface area contributed by atoms with Crippen molar-refractivity contribution < 1.29 is 22.8 Å². The normalized spacial score (nSPS) is 15.2. The first-order valence-corrected chi connectivity index (χ1v) is 10.6. The number of fused-ring (bicyclic) bond motifs is 1. The molecule has 1 saturated heterocycles. The van der Waals surface area contributed by atoms with Crippen LogP contribution in [0.4, 0.5) is 24.7 Å². The van der Waals surface area contributed by atoms with E-state index in [1.165, 1.54) is 7.05 Å². The number of alkyl halides is 3. The monoisotopic (exact) mass is 466 g/mol. The van der Waals surface area contributed by atoms with Crippen LogP contribution in [0, 0.1) is 0 Å². The lowest BCUT2D eigenvalue weighted by atomic mass is 10.1. The van der Waals surface area contributed by atoms with Crippen LogP contribution in [0.15, 0.2) is 30.6 Å². The standard InChI is InChI=1S/C20H21F3N6O2S/c1-24-18(31)14-15(20(21,22)23)29-11-25-16(19(29)32-14)26-17(30)12-3-5-13(6-4-12)28-9-7-27(2)8-10-28/h3-6,11H,7-10H2,1-2H3,(H,24,31)(H,26,30). The minimum atomic E-state index is -4.76. The number of nitrogens with one attached hydrogen (secondary N) is 2. The predicted octanol–water partition coefficient (Wildman–Crippen LogP) is 2.78. The summed E-state index contributed by atoms with van der Waals surface area (Å²) >= 11 is 0.618. The Morgan fingerprint density at radius 2 is 1.72 bits per heavy atom. The molecule has 3 heterocycles. The molecule has 0 bridgehead atoms. The minimum Gasteiger partial charge on any atom is -0.369 e. The second kappa shape index (κ2) is 8.43. The van der Waals surface area contributed by atoms with E-state index in [1.807, 2.05) is 12.1 Å². The Bertz CT molecular complexity index is 1150. The van der Waals surface area contributed by atoms with Gasteiger partial charge in [-0.05, 0) is 31.3 Å². The third-order valence-corrected chi connectivity index (χ3v) is 6.48. The Kier molecular flexibility index (Phi) is 5.82. The van der Waals surface area contributed by atoms with Gasteiger partial charge in [0, 0.05) is 44.5 Å². The molecule has 0 atom stereocenters. The summed E-state index contributed by atoms with van der Waals surface area (Å²) < 4.78 is 41.4. The number of thiazole rings is 1. The zero-order valence-corrected chi connectivity index (χ0v) is 18.2. The number of anilines is 2. The van der Waals surface area contributed by atoms with E-state index < -0.39 is 28.6 Å².